The quantitative estimate of drug-likeness (QED) is 0.119. The molecule has 0 radical (unpaired) electrons. The van der Waals surface area contributed by atoms with Crippen molar-refractivity contribution in [2.75, 3.05) is 52.9 Å². The van der Waals surface area contributed by atoms with Crippen LogP contribution in [0.2, 0.25) is 0 Å². The Kier molecular flexibility index (Phi) is 17.5. The van der Waals surface area contributed by atoms with E-state index in [0.717, 1.165) is 0 Å². The highest BCUT2D eigenvalue weighted by Gasteiger charge is 2.34. The van der Waals surface area contributed by atoms with E-state index in [1.807, 2.05) is 0 Å². The number of hydrogen-bond donors (Lipinski definition) is 4. The van der Waals surface area contributed by atoms with Crippen LogP contribution in [-0.2, 0) is 38.1 Å². The predicted octanol–water partition coefficient (Wildman–Crippen LogP) is 0.392. The highest BCUT2D eigenvalue weighted by molar-refractivity contribution is 5.88. The number of esters is 4. The lowest BCUT2D eigenvalue weighted by Gasteiger charge is -2.28. The minimum absolute atomic E-state index is 0.198. The summed E-state index contributed by atoms with van der Waals surface area (Å²) in [6.07, 6.45) is 0. The molecule has 38 heavy (non-hydrogen) atoms. The Morgan fingerprint density at radius 2 is 0.632 bits per heavy atom. The number of aliphatic hydroxyl groups excluding tert-OH is 4. The molecule has 12 nitrogen and oxygen atoms in total. The van der Waals surface area contributed by atoms with Gasteiger partial charge in [-0.1, -0.05) is 26.3 Å². The molecule has 0 spiro atoms. The van der Waals surface area contributed by atoms with Crippen LogP contribution in [0.15, 0.2) is 48.6 Å². The molecule has 0 aliphatic heterocycles. The molecule has 0 rings (SSSR count). The van der Waals surface area contributed by atoms with Gasteiger partial charge in [-0.25, -0.2) is 19.2 Å². The molecule has 0 aromatic rings. The third-order valence-corrected chi connectivity index (χ3v) is 4.77. The van der Waals surface area contributed by atoms with Gasteiger partial charge in [0.25, 0.3) is 0 Å². The maximum absolute atomic E-state index is 11.3. The van der Waals surface area contributed by atoms with Crippen molar-refractivity contribution in [3.05, 3.63) is 48.6 Å². The SMILES string of the molecule is C=C(C)C(=O)OCC(CO)(CO)COC(=O)C(=C)C.C=C(C)C(=O)OCC(CO)(CO)COC(=O)C(=C)C. The van der Waals surface area contributed by atoms with E-state index in [-0.39, 0.29) is 48.7 Å². The molecule has 0 heterocycles. The van der Waals surface area contributed by atoms with E-state index in [4.69, 9.17) is 18.9 Å². The molecule has 0 bridgehead atoms. The van der Waals surface area contributed by atoms with Crippen molar-refractivity contribution in [1.82, 2.24) is 0 Å². The Morgan fingerprint density at radius 1 is 0.474 bits per heavy atom. The fourth-order valence-corrected chi connectivity index (χ4v) is 1.92. The Bertz CT molecular complexity index is 743. The fraction of sp³-hybridized carbons (Fsp3) is 0.538. The van der Waals surface area contributed by atoms with E-state index in [0.29, 0.717) is 0 Å². The van der Waals surface area contributed by atoms with Crippen LogP contribution in [-0.4, -0.2) is 97.2 Å². The lowest BCUT2D eigenvalue weighted by Crippen LogP contribution is -2.41. The number of carbonyl (C=O) groups excluding carboxylic acids is 4. The van der Waals surface area contributed by atoms with Crippen LogP contribution in [0.5, 0.6) is 0 Å². The lowest BCUT2D eigenvalue weighted by atomic mass is 9.92. The number of carbonyl (C=O) groups is 4. The van der Waals surface area contributed by atoms with E-state index < -0.39 is 61.1 Å². The minimum Gasteiger partial charge on any atom is -0.461 e. The van der Waals surface area contributed by atoms with Gasteiger partial charge in [0, 0.05) is 22.3 Å². The highest BCUT2D eigenvalue weighted by Crippen LogP contribution is 2.19. The normalized spacial score (nSPS) is 10.7. The van der Waals surface area contributed by atoms with Crippen molar-refractivity contribution < 1.29 is 58.6 Å². The molecular formula is C26H40O12. The second-order valence-corrected chi connectivity index (χ2v) is 9.06. The summed E-state index contributed by atoms with van der Waals surface area (Å²) in [4.78, 5) is 45.0. The molecule has 0 atom stereocenters. The Morgan fingerprint density at radius 3 is 0.737 bits per heavy atom. The highest BCUT2D eigenvalue weighted by atomic mass is 16.6. The number of ether oxygens (including phenoxy) is 4. The van der Waals surface area contributed by atoms with Gasteiger partial charge >= 0.3 is 23.9 Å². The standard InChI is InChI=1S/2C13H20O6/c2*1-9(2)11(16)18-7-13(5-14,6-15)8-19-12(17)10(3)4/h2*14-15H,1,3,5-8H2,2,4H3. The van der Waals surface area contributed by atoms with E-state index >= 15 is 0 Å². The largest absolute Gasteiger partial charge is 0.461 e. The summed E-state index contributed by atoms with van der Waals surface area (Å²) in [5.41, 5.74) is -1.69. The van der Waals surface area contributed by atoms with Gasteiger partial charge in [0.1, 0.15) is 26.4 Å². The van der Waals surface area contributed by atoms with Crippen molar-refractivity contribution >= 4 is 23.9 Å². The van der Waals surface area contributed by atoms with Gasteiger partial charge in [-0.05, 0) is 27.7 Å². The first kappa shape index (κ1) is 36.8. The first-order valence-corrected chi connectivity index (χ1v) is 11.3. The first-order valence-electron chi connectivity index (χ1n) is 11.3. The lowest BCUT2D eigenvalue weighted by molar-refractivity contribution is -0.155. The first-order chi connectivity index (χ1) is 17.6. The van der Waals surface area contributed by atoms with Gasteiger partial charge in [0.05, 0.1) is 37.3 Å². The average molecular weight is 545 g/mol. The van der Waals surface area contributed by atoms with Gasteiger partial charge in [-0.15, -0.1) is 0 Å². The van der Waals surface area contributed by atoms with Gasteiger partial charge < -0.3 is 39.4 Å². The summed E-state index contributed by atoms with van der Waals surface area (Å²) < 4.78 is 19.5. The summed E-state index contributed by atoms with van der Waals surface area (Å²) in [6.45, 7) is 16.4. The van der Waals surface area contributed by atoms with Gasteiger partial charge in [-0.2, -0.15) is 0 Å². The zero-order valence-corrected chi connectivity index (χ0v) is 22.5. The molecule has 4 N–H and O–H groups in total. The summed E-state index contributed by atoms with van der Waals surface area (Å²) in [5, 5.41) is 37.2. The van der Waals surface area contributed by atoms with E-state index in [2.05, 4.69) is 26.3 Å². The fourth-order valence-electron chi connectivity index (χ4n) is 1.92. The third-order valence-electron chi connectivity index (χ3n) is 4.77. The van der Waals surface area contributed by atoms with E-state index in [1.165, 1.54) is 27.7 Å². The van der Waals surface area contributed by atoms with Crippen molar-refractivity contribution in [3.63, 3.8) is 0 Å². The van der Waals surface area contributed by atoms with Crippen LogP contribution in [0.4, 0.5) is 0 Å². The molecule has 0 aromatic heterocycles. The van der Waals surface area contributed by atoms with Crippen LogP contribution in [0.1, 0.15) is 27.7 Å². The predicted molar refractivity (Wildman–Crippen MR) is 136 cm³/mol. The maximum Gasteiger partial charge on any atom is 0.333 e. The van der Waals surface area contributed by atoms with Crippen molar-refractivity contribution in [3.8, 4) is 0 Å². The van der Waals surface area contributed by atoms with Crippen LogP contribution >= 0.6 is 0 Å². The zero-order chi connectivity index (χ0) is 30.1. The third kappa shape index (κ3) is 13.8. The summed E-state index contributed by atoms with van der Waals surface area (Å²) in [7, 11) is 0. The van der Waals surface area contributed by atoms with Crippen LogP contribution in [0, 0.1) is 10.8 Å². The minimum atomic E-state index is -1.24. The van der Waals surface area contributed by atoms with Crippen molar-refractivity contribution in [2.24, 2.45) is 10.8 Å². The van der Waals surface area contributed by atoms with Gasteiger partial charge in [0.2, 0.25) is 0 Å². The smallest absolute Gasteiger partial charge is 0.333 e. The zero-order valence-electron chi connectivity index (χ0n) is 22.5. The second-order valence-electron chi connectivity index (χ2n) is 9.06. The molecule has 0 saturated heterocycles. The average Bonchev–Trinajstić information content (AvgIpc) is 2.88. The molecule has 12 heteroatoms. The molecule has 0 aromatic carbocycles. The molecule has 0 aliphatic rings. The summed E-state index contributed by atoms with van der Waals surface area (Å²) in [5.74, 6) is -2.56. The monoisotopic (exact) mass is 544 g/mol. The molecular weight excluding hydrogens is 504 g/mol. The van der Waals surface area contributed by atoms with Crippen molar-refractivity contribution in [1.29, 1.82) is 0 Å². The molecule has 0 saturated carbocycles. The number of hydrogen-bond acceptors (Lipinski definition) is 12. The molecule has 0 amide bonds. The van der Waals surface area contributed by atoms with E-state index in [1.54, 1.807) is 0 Å². The van der Waals surface area contributed by atoms with Crippen LogP contribution in [0.25, 0.3) is 0 Å². The van der Waals surface area contributed by atoms with Crippen LogP contribution < -0.4 is 0 Å². The number of aliphatic hydroxyl groups is 4. The number of rotatable bonds is 16. The van der Waals surface area contributed by atoms with E-state index in [9.17, 15) is 39.6 Å². The topological polar surface area (TPSA) is 186 Å². The second kappa shape index (κ2) is 18.0. The maximum atomic E-state index is 11.3. The van der Waals surface area contributed by atoms with Crippen LogP contribution in [0.3, 0.4) is 0 Å². The Hall–Kier alpha value is -3.32. The van der Waals surface area contributed by atoms with Gasteiger partial charge in [0.15, 0.2) is 0 Å². The summed E-state index contributed by atoms with van der Waals surface area (Å²) in [6, 6.07) is 0. The molecule has 216 valence electrons. The Balaban J connectivity index is 0. The van der Waals surface area contributed by atoms with Gasteiger partial charge in [-0.3, -0.25) is 0 Å². The molecule has 0 unspecified atom stereocenters. The summed E-state index contributed by atoms with van der Waals surface area (Å²) >= 11 is 0. The van der Waals surface area contributed by atoms with Crippen molar-refractivity contribution in [2.45, 2.75) is 27.7 Å². The molecule has 0 fully saturated rings. The Labute approximate surface area is 222 Å². The molecule has 0 aliphatic carbocycles.